The van der Waals surface area contributed by atoms with E-state index in [9.17, 15) is 4.79 Å². The molecule has 1 aliphatic rings. The summed E-state index contributed by atoms with van der Waals surface area (Å²) in [4.78, 5) is 16.9. The lowest BCUT2D eigenvalue weighted by molar-refractivity contribution is 0.0758. The summed E-state index contributed by atoms with van der Waals surface area (Å²) in [7, 11) is 4.27. The fraction of sp³-hybridized carbons (Fsp3) is 0.611. The molecule has 116 valence electrons. The maximum Gasteiger partial charge on any atom is 0.253 e. The average molecular weight is 288 g/mol. The van der Waals surface area contributed by atoms with Gasteiger partial charge in [-0.25, -0.2) is 0 Å². The first-order valence-corrected chi connectivity index (χ1v) is 8.16. The summed E-state index contributed by atoms with van der Waals surface area (Å²) < 4.78 is 0. The zero-order chi connectivity index (χ0) is 15.2. The van der Waals surface area contributed by atoms with Crippen LogP contribution in [0.1, 0.15) is 48.5 Å². The highest BCUT2D eigenvalue weighted by atomic mass is 16.2. The highest BCUT2D eigenvalue weighted by molar-refractivity contribution is 5.94. The van der Waals surface area contributed by atoms with E-state index in [2.05, 4.69) is 38.1 Å². The summed E-state index contributed by atoms with van der Waals surface area (Å²) >= 11 is 0. The molecule has 1 saturated heterocycles. The number of amides is 1. The number of hydrogen-bond donors (Lipinski definition) is 0. The highest BCUT2D eigenvalue weighted by Crippen LogP contribution is 2.17. The summed E-state index contributed by atoms with van der Waals surface area (Å²) in [6.07, 6.45) is 5.59. The van der Waals surface area contributed by atoms with Crippen LogP contribution in [0.4, 0.5) is 0 Å². The number of likely N-dealkylation sites (tertiary alicyclic amines) is 1. The van der Waals surface area contributed by atoms with Crippen molar-refractivity contribution in [1.82, 2.24) is 9.80 Å². The van der Waals surface area contributed by atoms with E-state index in [0.717, 1.165) is 44.3 Å². The Labute approximate surface area is 128 Å². The van der Waals surface area contributed by atoms with Crippen molar-refractivity contribution >= 4 is 5.91 Å². The number of carbonyl (C=O) groups is 1. The average Bonchev–Trinajstić information content (AvgIpc) is 2.73. The summed E-state index contributed by atoms with van der Waals surface area (Å²) in [6, 6.07) is 8.77. The van der Waals surface area contributed by atoms with Crippen LogP contribution in [-0.2, 0) is 6.42 Å². The number of hydrogen-bond acceptors (Lipinski definition) is 2. The molecule has 1 aliphatic heterocycles. The van der Waals surface area contributed by atoms with Crippen LogP contribution in [0.25, 0.3) is 0 Å². The van der Waals surface area contributed by atoms with Crippen LogP contribution in [0.2, 0.25) is 0 Å². The molecule has 1 atom stereocenters. The molecular formula is C18H28N2O. The number of rotatable bonds is 4. The topological polar surface area (TPSA) is 23.6 Å². The van der Waals surface area contributed by atoms with Crippen molar-refractivity contribution in [3.8, 4) is 0 Å². The van der Waals surface area contributed by atoms with E-state index in [1.807, 2.05) is 17.0 Å². The summed E-state index contributed by atoms with van der Waals surface area (Å²) in [5, 5.41) is 0. The molecule has 0 unspecified atom stereocenters. The van der Waals surface area contributed by atoms with Gasteiger partial charge < -0.3 is 9.80 Å². The fourth-order valence-electron chi connectivity index (χ4n) is 3.08. The van der Waals surface area contributed by atoms with Crippen LogP contribution in [0, 0.1) is 0 Å². The Morgan fingerprint density at radius 1 is 1.19 bits per heavy atom. The molecule has 1 amide bonds. The van der Waals surface area contributed by atoms with E-state index in [4.69, 9.17) is 0 Å². The van der Waals surface area contributed by atoms with Gasteiger partial charge in [0.1, 0.15) is 0 Å². The normalized spacial score (nSPS) is 19.6. The summed E-state index contributed by atoms with van der Waals surface area (Å²) in [5.41, 5.74) is 2.15. The van der Waals surface area contributed by atoms with E-state index < -0.39 is 0 Å². The van der Waals surface area contributed by atoms with Gasteiger partial charge in [-0.3, -0.25) is 4.79 Å². The van der Waals surface area contributed by atoms with Gasteiger partial charge in [-0.1, -0.05) is 25.5 Å². The fourth-order valence-corrected chi connectivity index (χ4v) is 3.08. The van der Waals surface area contributed by atoms with Gasteiger partial charge in [0.25, 0.3) is 5.91 Å². The summed E-state index contributed by atoms with van der Waals surface area (Å²) in [5.74, 6) is 0.192. The van der Waals surface area contributed by atoms with Crippen LogP contribution in [0.3, 0.4) is 0 Å². The van der Waals surface area contributed by atoms with Gasteiger partial charge in [0.15, 0.2) is 0 Å². The van der Waals surface area contributed by atoms with Gasteiger partial charge in [-0.05, 0) is 57.5 Å². The molecule has 1 aromatic rings. The van der Waals surface area contributed by atoms with Crippen molar-refractivity contribution < 1.29 is 4.79 Å². The second-order valence-corrected chi connectivity index (χ2v) is 6.29. The Kier molecular flexibility index (Phi) is 5.80. The van der Waals surface area contributed by atoms with Crippen molar-refractivity contribution in [2.75, 3.05) is 27.2 Å². The Morgan fingerprint density at radius 3 is 2.52 bits per heavy atom. The summed E-state index contributed by atoms with van der Waals surface area (Å²) in [6.45, 7) is 3.94. The number of nitrogens with zero attached hydrogens (tertiary/aromatic N) is 2. The Balaban J connectivity index is 1.99. The third-order valence-corrected chi connectivity index (χ3v) is 4.45. The van der Waals surface area contributed by atoms with Crippen LogP contribution >= 0.6 is 0 Å². The SMILES string of the molecule is CCCc1ccc(C(=O)N2CCC[C@H](N(C)C)CC2)cc1. The molecule has 0 saturated carbocycles. The van der Waals surface area contributed by atoms with Crippen molar-refractivity contribution in [3.63, 3.8) is 0 Å². The van der Waals surface area contributed by atoms with Crippen molar-refractivity contribution in [2.24, 2.45) is 0 Å². The predicted molar refractivity (Wildman–Crippen MR) is 87.7 cm³/mol. The Bertz CT molecular complexity index is 453. The lowest BCUT2D eigenvalue weighted by Crippen LogP contribution is -2.33. The number of benzene rings is 1. The molecule has 3 heteroatoms. The smallest absolute Gasteiger partial charge is 0.253 e. The van der Waals surface area contributed by atoms with Crippen molar-refractivity contribution in [2.45, 2.75) is 45.1 Å². The van der Waals surface area contributed by atoms with E-state index in [-0.39, 0.29) is 5.91 Å². The molecule has 21 heavy (non-hydrogen) atoms. The molecule has 0 aromatic heterocycles. The zero-order valence-corrected chi connectivity index (χ0v) is 13.6. The minimum atomic E-state index is 0.192. The monoisotopic (exact) mass is 288 g/mol. The molecule has 2 rings (SSSR count). The molecule has 0 spiro atoms. The van der Waals surface area contributed by atoms with Gasteiger partial charge in [0.05, 0.1) is 0 Å². The van der Waals surface area contributed by atoms with E-state index >= 15 is 0 Å². The first kappa shape index (κ1) is 16.0. The highest BCUT2D eigenvalue weighted by Gasteiger charge is 2.22. The number of aryl methyl sites for hydroxylation is 1. The molecule has 1 aromatic carbocycles. The van der Waals surface area contributed by atoms with Crippen LogP contribution in [0.5, 0.6) is 0 Å². The molecule has 3 nitrogen and oxygen atoms in total. The van der Waals surface area contributed by atoms with E-state index in [1.54, 1.807) is 0 Å². The van der Waals surface area contributed by atoms with Crippen LogP contribution in [0.15, 0.2) is 24.3 Å². The van der Waals surface area contributed by atoms with E-state index in [0.29, 0.717) is 6.04 Å². The quantitative estimate of drug-likeness (QED) is 0.849. The Hall–Kier alpha value is -1.35. The maximum absolute atomic E-state index is 12.6. The van der Waals surface area contributed by atoms with Crippen molar-refractivity contribution in [3.05, 3.63) is 35.4 Å². The maximum atomic E-state index is 12.6. The number of carbonyl (C=O) groups excluding carboxylic acids is 1. The minimum Gasteiger partial charge on any atom is -0.339 e. The van der Waals surface area contributed by atoms with Gasteiger partial charge >= 0.3 is 0 Å². The molecule has 0 bridgehead atoms. The minimum absolute atomic E-state index is 0.192. The Morgan fingerprint density at radius 2 is 1.90 bits per heavy atom. The second-order valence-electron chi connectivity index (χ2n) is 6.29. The molecule has 0 aliphatic carbocycles. The third kappa shape index (κ3) is 4.31. The lowest BCUT2D eigenvalue weighted by Gasteiger charge is -2.23. The van der Waals surface area contributed by atoms with Crippen LogP contribution in [-0.4, -0.2) is 48.9 Å². The van der Waals surface area contributed by atoms with Gasteiger partial charge in [-0.2, -0.15) is 0 Å². The first-order valence-electron chi connectivity index (χ1n) is 8.16. The predicted octanol–water partition coefficient (Wildman–Crippen LogP) is 3.20. The molecule has 0 radical (unpaired) electrons. The van der Waals surface area contributed by atoms with Crippen LogP contribution < -0.4 is 0 Å². The zero-order valence-electron chi connectivity index (χ0n) is 13.6. The third-order valence-electron chi connectivity index (χ3n) is 4.45. The molecular weight excluding hydrogens is 260 g/mol. The lowest BCUT2D eigenvalue weighted by atomic mass is 10.1. The molecule has 1 heterocycles. The molecule has 0 N–H and O–H groups in total. The largest absolute Gasteiger partial charge is 0.339 e. The van der Waals surface area contributed by atoms with Gasteiger partial charge in [-0.15, -0.1) is 0 Å². The van der Waals surface area contributed by atoms with Gasteiger partial charge in [0.2, 0.25) is 0 Å². The standard InChI is InChI=1S/C18H28N2O/c1-4-6-15-8-10-16(11-9-15)18(21)20-13-5-7-17(12-14-20)19(2)3/h8-11,17H,4-7,12-14H2,1-3H3/t17-/m0/s1. The van der Waals surface area contributed by atoms with Crippen molar-refractivity contribution in [1.29, 1.82) is 0 Å². The van der Waals surface area contributed by atoms with E-state index in [1.165, 1.54) is 12.0 Å². The second kappa shape index (κ2) is 7.60. The molecule has 1 fully saturated rings. The first-order chi connectivity index (χ1) is 10.1. The van der Waals surface area contributed by atoms with Gasteiger partial charge in [0, 0.05) is 24.7 Å².